The zero-order chi connectivity index (χ0) is 15.1. The number of hydrogen-bond donors (Lipinski definition) is 3. The average molecular weight is 284 g/mol. The Hall–Kier alpha value is -2.23. The van der Waals surface area contributed by atoms with Crippen molar-refractivity contribution in [3.05, 3.63) is 48.2 Å². The van der Waals surface area contributed by atoms with Crippen LogP contribution in [0.5, 0.6) is 0 Å². The van der Waals surface area contributed by atoms with E-state index in [4.69, 9.17) is 0 Å². The summed E-state index contributed by atoms with van der Waals surface area (Å²) in [7, 11) is 0. The minimum Gasteiger partial charge on any atom is -0.361 e. The number of aliphatic imine (C=N–C) groups is 1. The molecule has 0 radical (unpaired) electrons. The van der Waals surface area contributed by atoms with Gasteiger partial charge < -0.3 is 15.6 Å². The molecule has 21 heavy (non-hydrogen) atoms. The molecular weight excluding hydrogens is 260 g/mol. The van der Waals surface area contributed by atoms with Crippen LogP contribution in [0, 0.1) is 6.92 Å². The standard InChI is InChI=1S/C17H24N4/c1-4-10-19-17(18-5-2)20-11-9-14-12-21-16-13(3)7-6-8-15(14)16/h4,6-8,12,21H,1,5,9-11H2,2-3H3,(H2,18,19,20). The fraction of sp³-hybridized carbons (Fsp3) is 0.353. The first-order valence-electron chi connectivity index (χ1n) is 7.45. The third-order valence-corrected chi connectivity index (χ3v) is 3.42. The van der Waals surface area contributed by atoms with Crippen LogP contribution in [0.1, 0.15) is 18.1 Å². The molecule has 0 saturated heterocycles. The molecule has 0 fully saturated rings. The number of aromatic amines is 1. The topological polar surface area (TPSA) is 52.2 Å². The molecule has 0 aliphatic heterocycles. The number of fused-ring (bicyclic) bond motifs is 1. The Morgan fingerprint density at radius 1 is 1.38 bits per heavy atom. The molecule has 0 aliphatic carbocycles. The van der Waals surface area contributed by atoms with Gasteiger partial charge in [-0.3, -0.25) is 4.99 Å². The van der Waals surface area contributed by atoms with Gasteiger partial charge in [-0.2, -0.15) is 0 Å². The van der Waals surface area contributed by atoms with Crippen LogP contribution in [0.3, 0.4) is 0 Å². The lowest BCUT2D eigenvalue weighted by Crippen LogP contribution is -2.37. The Bertz CT molecular complexity index is 625. The molecule has 1 heterocycles. The average Bonchev–Trinajstić information content (AvgIpc) is 2.89. The fourth-order valence-electron chi connectivity index (χ4n) is 2.37. The summed E-state index contributed by atoms with van der Waals surface area (Å²) in [5.74, 6) is 0.841. The van der Waals surface area contributed by atoms with E-state index >= 15 is 0 Å². The SMILES string of the molecule is C=CCNC(=NCCc1c[nH]c2c(C)cccc12)NCC. The van der Waals surface area contributed by atoms with Crippen molar-refractivity contribution < 1.29 is 0 Å². The van der Waals surface area contributed by atoms with Crippen LogP contribution >= 0.6 is 0 Å². The van der Waals surface area contributed by atoms with Gasteiger partial charge in [0.05, 0.1) is 0 Å². The maximum atomic E-state index is 4.59. The van der Waals surface area contributed by atoms with Crippen molar-refractivity contribution in [1.29, 1.82) is 0 Å². The Morgan fingerprint density at radius 2 is 2.24 bits per heavy atom. The van der Waals surface area contributed by atoms with Crippen LogP contribution < -0.4 is 10.6 Å². The number of H-pyrrole nitrogens is 1. The number of rotatable bonds is 6. The molecule has 4 nitrogen and oxygen atoms in total. The van der Waals surface area contributed by atoms with Crippen molar-refractivity contribution in [2.75, 3.05) is 19.6 Å². The predicted molar refractivity (Wildman–Crippen MR) is 90.9 cm³/mol. The van der Waals surface area contributed by atoms with Gasteiger partial charge in [0.25, 0.3) is 0 Å². The van der Waals surface area contributed by atoms with Gasteiger partial charge in [0.2, 0.25) is 0 Å². The summed E-state index contributed by atoms with van der Waals surface area (Å²) in [6.45, 7) is 10.2. The van der Waals surface area contributed by atoms with E-state index in [1.807, 2.05) is 6.08 Å². The van der Waals surface area contributed by atoms with Crippen LogP contribution in [0.4, 0.5) is 0 Å². The third-order valence-electron chi connectivity index (χ3n) is 3.42. The number of benzene rings is 1. The Morgan fingerprint density at radius 3 is 3.00 bits per heavy atom. The van der Waals surface area contributed by atoms with Gasteiger partial charge in [-0.1, -0.05) is 24.3 Å². The first-order valence-corrected chi connectivity index (χ1v) is 7.45. The molecule has 0 atom stereocenters. The molecule has 2 rings (SSSR count). The molecule has 3 N–H and O–H groups in total. The summed E-state index contributed by atoms with van der Waals surface area (Å²) in [5.41, 5.74) is 3.83. The summed E-state index contributed by atoms with van der Waals surface area (Å²) in [6.07, 6.45) is 4.85. The van der Waals surface area contributed by atoms with E-state index < -0.39 is 0 Å². The van der Waals surface area contributed by atoms with Gasteiger partial charge >= 0.3 is 0 Å². The molecule has 0 saturated carbocycles. The Labute approximate surface area is 126 Å². The Kier molecular flexibility index (Phi) is 5.43. The second-order valence-electron chi connectivity index (χ2n) is 4.99. The van der Waals surface area contributed by atoms with Crippen LogP contribution in [0.2, 0.25) is 0 Å². The smallest absolute Gasteiger partial charge is 0.191 e. The second-order valence-corrected chi connectivity index (χ2v) is 4.99. The van der Waals surface area contributed by atoms with E-state index in [0.29, 0.717) is 0 Å². The van der Waals surface area contributed by atoms with E-state index in [2.05, 4.69) is 65.4 Å². The lowest BCUT2D eigenvalue weighted by molar-refractivity contribution is 0.852. The van der Waals surface area contributed by atoms with E-state index in [9.17, 15) is 0 Å². The summed E-state index contributed by atoms with van der Waals surface area (Å²) in [4.78, 5) is 7.95. The second kappa shape index (κ2) is 7.53. The molecule has 1 aromatic heterocycles. The van der Waals surface area contributed by atoms with Crippen molar-refractivity contribution in [1.82, 2.24) is 15.6 Å². The summed E-state index contributed by atoms with van der Waals surface area (Å²) < 4.78 is 0. The van der Waals surface area contributed by atoms with Crippen molar-refractivity contribution >= 4 is 16.9 Å². The van der Waals surface area contributed by atoms with E-state index in [0.717, 1.165) is 32.0 Å². The van der Waals surface area contributed by atoms with Crippen LogP contribution in [-0.2, 0) is 6.42 Å². The quantitative estimate of drug-likeness (QED) is 0.434. The number of para-hydroxylation sites is 1. The molecule has 0 unspecified atom stereocenters. The largest absolute Gasteiger partial charge is 0.361 e. The highest BCUT2D eigenvalue weighted by atomic mass is 15.2. The van der Waals surface area contributed by atoms with Crippen molar-refractivity contribution in [3.63, 3.8) is 0 Å². The number of aromatic nitrogens is 1. The number of nitrogens with one attached hydrogen (secondary N) is 3. The lowest BCUT2D eigenvalue weighted by Gasteiger charge is -2.09. The summed E-state index contributed by atoms with van der Waals surface area (Å²) >= 11 is 0. The van der Waals surface area contributed by atoms with Crippen molar-refractivity contribution in [3.8, 4) is 0 Å². The Balaban J connectivity index is 2.03. The first kappa shape index (κ1) is 15.2. The number of aryl methyl sites for hydroxylation is 1. The maximum Gasteiger partial charge on any atom is 0.191 e. The minimum absolute atomic E-state index is 0.720. The van der Waals surface area contributed by atoms with Crippen LogP contribution in [0.25, 0.3) is 10.9 Å². The van der Waals surface area contributed by atoms with Gasteiger partial charge in [-0.15, -0.1) is 6.58 Å². The van der Waals surface area contributed by atoms with Gasteiger partial charge in [0, 0.05) is 36.7 Å². The van der Waals surface area contributed by atoms with E-state index in [-0.39, 0.29) is 0 Å². The number of guanidine groups is 1. The minimum atomic E-state index is 0.720. The normalized spacial score (nSPS) is 11.6. The number of hydrogen-bond acceptors (Lipinski definition) is 1. The van der Waals surface area contributed by atoms with Crippen LogP contribution in [0.15, 0.2) is 42.0 Å². The monoisotopic (exact) mass is 284 g/mol. The molecule has 0 amide bonds. The fourth-order valence-corrected chi connectivity index (χ4v) is 2.37. The first-order chi connectivity index (χ1) is 10.3. The highest BCUT2D eigenvalue weighted by Crippen LogP contribution is 2.21. The zero-order valence-electron chi connectivity index (χ0n) is 12.9. The molecule has 0 aliphatic rings. The molecule has 2 aromatic rings. The van der Waals surface area contributed by atoms with Crippen LogP contribution in [-0.4, -0.2) is 30.6 Å². The molecule has 112 valence electrons. The van der Waals surface area contributed by atoms with Crippen molar-refractivity contribution in [2.45, 2.75) is 20.3 Å². The molecule has 0 bridgehead atoms. The number of nitrogens with zero attached hydrogens (tertiary/aromatic N) is 1. The van der Waals surface area contributed by atoms with Gasteiger partial charge in [-0.25, -0.2) is 0 Å². The highest BCUT2D eigenvalue weighted by Gasteiger charge is 2.04. The highest BCUT2D eigenvalue weighted by molar-refractivity contribution is 5.86. The van der Waals surface area contributed by atoms with Gasteiger partial charge in [0.15, 0.2) is 5.96 Å². The third kappa shape index (κ3) is 3.88. The summed E-state index contributed by atoms with van der Waals surface area (Å²) in [6, 6.07) is 6.40. The summed E-state index contributed by atoms with van der Waals surface area (Å²) in [5, 5.41) is 7.74. The lowest BCUT2D eigenvalue weighted by atomic mass is 10.1. The molecule has 0 spiro atoms. The molecular formula is C17H24N4. The molecule has 1 aromatic carbocycles. The van der Waals surface area contributed by atoms with Gasteiger partial charge in [0.1, 0.15) is 0 Å². The predicted octanol–water partition coefficient (Wildman–Crippen LogP) is 2.76. The van der Waals surface area contributed by atoms with E-state index in [1.54, 1.807) is 0 Å². The molecule has 4 heteroatoms. The van der Waals surface area contributed by atoms with Crippen molar-refractivity contribution in [2.24, 2.45) is 4.99 Å². The van der Waals surface area contributed by atoms with Gasteiger partial charge in [-0.05, 0) is 31.4 Å². The maximum absolute atomic E-state index is 4.59. The van der Waals surface area contributed by atoms with E-state index in [1.165, 1.54) is 22.0 Å². The zero-order valence-corrected chi connectivity index (χ0v) is 12.9.